The SMILES string of the molecule is CC(N)C(=O)NC1CCC(CO)CC1.Cl. The van der Waals surface area contributed by atoms with Gasteiger partial charge in [-0.05, 0) is 38.5 Å². The smallest absolute Gasteiger partial charge is 0.236 e. The van der Waals surface area contributed by atoms with Gasteiger partial charge in [-0.1, -0.05) is 0 Å². The van der Waals surface area contributed by atoms with E-state index in [4.69, 9.17) is 10.8 Å². The molecule has 1 unspecified atom stereocenters. The van der Waals surface area contributed by atoms with E-state index in [-0.39, 0.29) is 31.0 Å². The monoisotopic (exact) mass is 236 g/mol. The summed E-state index contributed by atoms with van der Waals surface area (Å²) in [5.41, 5.74) is 5.45. The maximum Gasteiger partial charge on any atom is 0.236 e. The Morgan fingerprint density at radius 2 is 2.00 bits per heavy atom. The molecule has 0 aliphatic heterocycles. The fourth-order valence-electron chi connectivity index (χ4n) is 1.82. The molecule has 0 bridgehead atoms. The second-order valence-electron chi connectivity index (χ2n) is 4.20. The largest absolute Gasteiger partial charge is 0.396 e. The predicted octanol–water partition coefficient (Wildman–Crippen LogP) is 0.423. The van der Waals surface area contributed by atoms with Gasteiger partial charge in [0.2, 0.25) is 5.91 Å². The first-order valence-corrected chi connectivity index (χ1v) is 5.30. The fraction of sp³-hybridized carbons (Fsp3) is 0.900. The summed E-state index contributed by atoms with van der Waals surface area (Å²) >= 11 is 0. The third-order valence-corrected chi connectivity index (χ3v) is 2.86. The van der Waals surface area contributed by atoms with E-state index in [1.54, 1.807) is 6.92 Å². The summed E-state index contributed by atoms with van der Waals surface area (Å²) in [5.74, 6) is 0.357. The van der Waals surface area contributed by atoms with Crippen molar-refractivity contribution in [2.75, 3.05) is 6.61 Å². The summed E-state index contributed by atoms with van der Waals surface area (Å²) in [6.07, 6.45) is 3.92. The topological polar surface area (TPSA) is 75.4 Å². The van der Waals surface area contributed by atoms with Crippen molar-refractivity contribution in [3.05, 3.63) is 0 Å². The first kappa shape index (κ1) is 14.7. The Morgan fingerprint density at radius 1 is 1.47 bits per heavy atom. The van der Waals surface area contributed by atoms with Crippen molar-refractivity contribution in [2.45, 2.75) is 44.7 Å². The molecule has 15 heavy (non-hydrogen) atoms. The van der Waals surface area contributed by atoms with Crippen molar-refractivity contribution in [1.82, 2.24) is 5.32 Å². The summed E-state index contributed by atoms with van der Waals surface area (Å²) in [6, 6.07) is -0.165. The Morgan fingerprint density at radius 3 is 2.40 bits per heavy atom. The molecule has 0 heterocycles. The number of carbonyl (C=O) groups excluding carboxylic acids is 1. The minimum Gasteiger partial charge on any atom is -0.396 e. The Hall–Kier alpha value is -0.320. The van der Waals surface area contributed by atoms with Crippen LogP contribution in [0.5, 0.6) is 0 Å². The van der Waals surface area contributed by atoms with E-state index in [0.717, 1.165) is 25.7 Å². The zero-order valence-corrected chi connectivity index (χ0v) is 9.93. The number of aliphatic hydroxyl groups is 1. The molecule has 1 amide bonds. The van der Waals surface area contributed by atoms with Gasteiger partial charge in [-0.25, -0.2) is 0 Å². The van der Waals surface area contributed by atoms with Crippen LogP contribution in [0.2, 0.25) is 0 Å². The zero-order chi connectivity index (χ0) is 10.6. The molecule has 1 atom stereocenters. The van der Waals surface area contributed by atoms with Crippen LogP contribution in [0.15, 0.2) is 0 Å². The minimum absolute atomic E-state index is 0. The van der Waals surface area contributed by atoms with E-state index >= 15 is 0 Å². The van der Waals surface area contributed by atoms with Crippen molar-refractivity contribution in [1.29, 1.82) is 0 Å². The second kappa shape index (κ2) is 7.04. The zero-order valence-electron chi connectivity index (χ0n) is 9.11. The van der Waals surface area contributed by atoms with Crippen molar-refractivity contribution in [2.24, 2.45) is 11.7 Å². The molecular weight excluding hydrogens is 216 g/mol. The summed E-state index contributed by atoms with van der Waals surface area (Å²) in [7, 11) is 0. The van der Waals surface area contributed by atoms with Crippen LogP contribution in [0.4, 0.5) is 0 Å². The third-order valence-electron chi connectivity index (χ3n) is 2.86. The molecule has 5 heteroatoms. The highest BCUT2D eigenvalue weighted by Crippen LogP contribution is 2.23. The van der Waals surface area contributed by atoms with E-state index in [0.29, 0.717) is 5.92 Å². The van der Waals surface area contributed by atoms with Gasteiger partial charge in [-0.3, -0.25) is 4.79 Å². The molecule has 1 fully saturated rings. The number of aliphatic hydroxyl groups excluding tert-OH is 1. The molecule has 0 aromatic heterocycles. The van der Waals surface area contributed by atoms with Gasteiger partial charge in [-0.15, -0.1) is 12.4 Å². The number of halogens is 1. The number of nitrogens with two attached hydrogens (primary N) is 1. The molecule has 4 nitrogen and oxygen atoms in total. The minimum atomic E-state index is -0.425. The van der Waals surface area contributed by atoms with E-state index in [9.17, 15) is 4.79 Å². The molecule has 90 valence electrons. The van der Waals surface area contributed by atoms with E-state index in [1.807, 2.05) is 0 Å². The highest BCUT2D eigenvalue weighted by atomic mass is 35.5. The first-order valence-electron chi connectivity index (χ1n) is 5.30. The van der Waals surface area contributed by atoms with Crippen molar-refractivity contribution in [3.8, 4) is 0 Å². The number of hydrogen-bond donors (Lipinski definition) is 3. The van der Waals surface area contributed by atoms with E-state index in [1.165, 1.54) is 0 Å². The molecule has 1 saturated carbocycles. The van der Waals surface area contributed by atoms with E-state index < -0.39 is 6.04 Å². The van der Waals surface area contributed by atoms with Crippen LogP contribution >= 0.6 is 12.4 Å². The molecule has 4 N–H and O–H groups in total. The maximum atomic E-state index is 11.3. The lowest BCUT2D eigenvalue weighted by Gasteiger charge is -2.28. The summed E-state index contributed by atoms with van der Waals surface area (Å²) in [4.78, 5) is 11.3. The third kappa shape index (κ3) is 4.82. The summed E-state index contributed by atoms with van der Waals surface area (Å²) in [5, 5.41) is 11.9. The van der Waals surface area contributed by atoms with Gasteiger partial charge in [0.25, 0.3) is 0 Å². The van der Waals surface area contributed by atoms with Crippen molar-refractivity contribution >= 4 is 18.3 Å². The number of hydrogen-bond acceptors (Lipinski definition) is 3. The standard InChI is InChI=1S/C10H20N2O2.ClH/c1-7(11)10(14)12-9-4-2-8(6-13)3-5-9;/h7-9,13H,2-6,11H2,1H3,(H,12,14);1H. The van der Waals surface area contributed by atoms with Crippen LogP contribution in [-0.2, 0) is 4.79 Å². The summed E-state index contributed by atoms with van der Waals surface area (Å²) in [6.45, 7) is 1.96. The van der Waals surface area contributed by atoms with Crippen LogP contribution in [0.3, 0.4) is 0 Å². The fourth-order valence-corrected chi connectivity index (χ4v) is 1.82. The average Bonchev–Trinajstić information content (AvgIpc) is 2.19. The predicted molar refractivity (Wildman–Crippen MR) is 61.9 cm³/mol. The molecule has 1 rings (SSSR count). The molecule has 1 aliphatic rings. The molecule has 0 aromatic rings. The number of nitrogens with one attached hydrogen (secondary N) is 1. The Balaban J connectivity index is 0.00000196. The molecule has 1 aliphatic carbocycles. The van der Waals surface area contributed by atoms with Gasteiger partial charge in [0, 0.05) is 12.6 Å². The quantitative estimate of drug-likeness (QED) is 0.665. The Kier molecular flexibility index (Phi) is 6.89. The molecular formula is C10H21ClN2O2. The Bertz CT molecular complexity index is 192. The molecule has 0 radical (unpaired) electrons. The lowest BCUT2D eigenvalue weighted by molar-refractivity contribution is -0.123. The lowest BCUT2D eigenvalue weighted by Crippen LogP contribution is -2.45. The van der Waals surface area contributed by atoms with Gasteiger partial charge < -0.3 is 16.2 Å². The van der Waals surface area contributed by atoms with Crippen LogP contribution in [0.1, 0.15) is 32.6 Å². The van der Waals surface area contributed by atoms with E-state index in [2.05, 4.69) is 5.32 Å². The Labute approximate surface area is 97.0 Å². The molecule has 0 saturated heterocycles. The maximum absolute atomic E-state index is 11.3. The first-order chi connectivity index (χ1) is 6.63. The van der Waals surface area contributed by atoms with Gasteiger partial charge in [-0.2, -0.15) is 0 Å². The van der Waals surface area contributed by atoms with Crippen LogP contribution in [-0.4, -0.2) is 29.7 Å². The van der Waals surface area contributed by atoms with Crippen LogP contribution in [0, 0.1) is 5.92 Å². The van der Waals surface area contributed by atoms with Crippen LogP contribution < -0.4 is 11.1 Å². The normalized spacial score (nSPS) is 27.7. The molecule has 0 aromatic carbocycles. The average molecular weight is 237 g/mol. The summed E-state index contributed by atoms with van der Waals surface area (Å²) < 4.78 is 0. The number of amides is 1. The second-order valence-corrected chi connectivity index (χ2v) is 4.20. The highest BCUT2D eigenvalue weighted by Gasteiger charge is 2.22. The van der Waals surface area contributed by atoms with Crippen LogP contribution in [0.25, 0.3) is 0 Å². The number of carbonyl (C=O) groups is 1. The van der Waals surface area contributed by atoms with Gasteiger partial charge in [0.05, 0.1) is 6.04 Å². The van der Waals surface area contributed by atoms with Crippen molar-refractivity contribution in [3.63, 3.8) is 0 Å². The van der Waals surface area contributed by atoms with Gasteiger partial charge in [0.1, 0.15) is 0 Å². The van der Waals surface area contributed by atoms with Gasteiger partial charge in [0.15, 0.2) is 0 Å². The number of rotatable bonds is 3. The molecule has 0 spiro atoms. The highest BCUT2D eigenvalue weighted by molar-refractivity contribution is 5.85. The van der Waals surface area contributed by atoms with Gasteiger partial charge >= 0.3 is 0 Å². The lowest BCUT2D eigenvalue weighted by atomic mass is 9.86. The van der Waals surface area contributed by atoms with Crippen molar-refractivity contribution < 1.29 is 9.90 Å².